The number of nitrogens with zero attached hydrogens (tertiary/aromatic N) is 3. The summed E-state index contributed by atoms with van der Waals surface area (Å²) in [6.07, 6.45) is 1.89. The molecule has 18 heavy (non-hydrogen) atoms. The molecule has 0 aromatic carbocycles. The summed E-state index contributed by atoms with van der Waals surface area (Å²) in [6.45, 7) is 5.19. The second-order valence-electron chi connectivity index (χ2n) is 4.95. The zero-order valence-electron chi connectivity index (χ0n) is 10.7. The largest absolute Gasteiger partial charge is 0.465 e. The predicted molar refractivity (Wildman–Crippen MR) is 66.5 cm³/mol. The molecule has 102 valence electrons. The van der Waals surface area contributed by atoms with Crippen molar-refractivity contribution in [2.45, 2.75) is 19.3 Å². The summed E-state index contributed by atoms with van der Waals surface area (Å²) in [5, 5.41) is 8.93. The molecule has 6 heteroatoms. The van der Waals surface area contributed by atoms with Gasteiger partial charge in [0.15, 0.2) is 0 Å². The average molecular weight is 255 g/mol. The molecule has 2 amide bonds. The molecule has 0 radical (unpaired) electrons. The van der Waals surface area contributed by atoms with E-state index in [1.54, 1.807) is 4.90 Å². The maximum absolute atomic E-state index is 11.9. The van der Waals surface area contributed by atoms with Crippen molar-refractivity contribution in [1.29, 1.82) is 0 Å². The summed E-state index contributed by atoms with van der Waals surface area (Å²) in [4.78, 5) is 28.3. The number of rotatable bonds is 3. The van der Waals surface area contributed by atoms with Gasteiger partial charge in [0, 0.05) is 39.1 Å². The fraction of sp³-hybridized carbons (Fsp3) is 0.833. The number of likely N-dealkylation sites (tertiary alicyclic amines) is 1. The van der Waals surface area contributed by atoms with Crippen LogP contribution in [0.2, 0.25) is 0 Å². The fourth-order valence-corrected chi connectivity index (χ4v) is 2.56. The first kappa shape index (κ1) is 13.1. The quantitative estimate of drug-likeness (QED) is 0.787. The van der Waals surface area contributed by atoms with Crippen molar-refractivity contribution in [2.75, 3.05) is 45.8 Å². The molecule has 0 bridgehead atoms. The van der Waals surface area contributed by atoms with Crippen LogP contribution in [0.15, 0.2) is 0 Å². The van der Waals surface area contributed by atoms with E-state index in [1.807, 2.05) is 0 Å². The molecule has 0 aliphatic carbocycles. The molecule has 0 aromatic heterocycles. The Balaban J connectivity index is 1.80. The van der Waals surface area contributed by atoms with Gasteiger partial charge in [0.1, 0.15) is 0 Å². The minimum atomic E-state index is -0.927. The van der Waals surface area contributed by atoms with Gasteiger partial charge in [0.25, 0.3) is 0 Å². The van der Waals surface area contributed by atoms with Gasteiger partial charge < -0.3 is 19.8 Å². The Hall–Kier alpha value is -1.30. The molecule has 0 spiro atoms. The normalized spacial score (nSPS) is 22.3. The number of carbonyl (C=O) groups excluding carboxylic acids is 1. The first-order chi connectivity index (χ1) is 8.66. The van der Waals surface area contributed by atoms with Crippen molar-refractivity contribution in [2.24, 2.45) is 0 Å². The van der Waals surface area contributed by atoms with Crippen LogP contribution in [0.1, 0.15) is 19.3 Å². The van der Waals surface area contributed by atoms with E-state index in [4.69, 9.17) is 5.11 Å². The Morgan fingerprint density at radius 2 is 1.78 bits per heavy atom. The van der Waals surface area contributed by atoms with Crippen LogP contribution in [0.25, 0.3) is 0 Å². The van der Waals surface area contributed by atoms with E-state index in [9.17, 15) is 9.59 Å². The zero-order valence-corrected chi connectivity index (χ0v) is 10.7. The number of carbonyl (C=O) groups is 2. The van der Waals surface area contributed by atoms with E-state index in [0.717, 1.165) is 26.2 Å². The Morgan fingerprint density at radius 3 is 2.44 bits per heavy atom. The van der Waals surface area contributed by atoms with Crippen LogP contribution in [0.5, 0.6) is 0 Å². The molecule has 0 unspecified atom stereocenters. The van der Waals surface area contributed by atoms with E-state index >= 15 is 0 Å². The molecule has 2 aliphatic rings. The average Bonchev–Trinajstić information content (AvgIpc) is 2.78. The van der Waals surface area contributed by atoms with Gasteiger partial charge in [-0.25, -0.2) is 4.79 Å². The number of carboxylic acid groups (broad SMARTS) is 1. The van der Waals surface area contributed by atoms with Crippen molar-refractivity contribution in [3.05, 3.63) is 0 Å². The van der Waals surface area contributed by atoms with Crippen LogP contribution in [-0.2, 0) is 4.79 Å². The lowest BCUT2D eigenvalue weighted by Gasteiger charge is -2.24. The third-order valence-corrected chi connectivity index (χ3v) is 3.74. The van der Waals surface area contributed by atoms with E-state index in [1.165, 1.54) is 17.7 Å². The Bertz CT molecular complexity index is 316. The molecule has 2 heterocycles. The van der Waals surface area contributed by atoms with E-state index < -0.39 is 6.09 Å². The SMILES string of the molecule is O=C(O)N1CCC(=O)N(CCN2CCCC2)CC1. The molecular weight excluding hydrogens is 234 g/mol. The van der Waals surface area contributed by atoms with Crippen LogP contribution in [0, 0.1) is 0 Å². The minimum absolute atomic E-state index is 0.0814. The van der Waals surface area contributed by atoms with Crippen LogP contribution >= 0.6 is 0 Å². The molecule has 1 N–H and O–H groups in total. The van der Waals surface area contributed by atoms with Crippen molar-refractivity contribution < 1.29 is 14.7 Å². The second-order valence-corrected chi connectivity index (χ2v) is 4.95. The molecule has 0 saturated carbocycles. The summed E-state index contributed by atoms with van der Waals surface area (Å²) >= 11 is 0. The lowest BCUT2D eigenvalue weighted by Crippen LogP contribution is -2.39. The summed E-state index contributed by atoms with van der Waals surface area (Å²) < 4.78 is 0. The molecule has 2 rings (SSSR count). The van der Waals surface area contributed by atoms with Crippen LogP contribution < -0.4 is 0 Å². The van der Waals surface area contributed by atoms with Crippen LogP contribution in [-0.4, -0.2) is 77.6 Å². The summed E-state index contributed by atoms with van der Waals surface area (Å²) in [5.41, 5.74) is 0. The maximum Gasteiger partial charge on any atom is 0.407 e. The van der Waals surface area contributed by atoms with E-state index in [0.29, 0.717) is 26.1 Å². The third-order valence-electron chi connectivity index (χ3n) is 3.74. The highest BCUT2D eigenvalue weighted by Gasteiger charge is 2.23. The highest BCUT2D eigenvalue weighted by molar-refractivity contribution is 5.77. The van der Waals surface area contributed by atoms with Gasteiger partial charge in [-0.05, 0) is 25.9 Å². The maximum atomic E-state index is 11.9. The standard InChI is InChI=1S/C12H21N3O3/c16-11-3-6-15(12(17)18)10-9-14(11)8-7-13-4-1-2-5-13/h1-10H2,(H,17,18). The van der Waals surface area contributed by atoms with Gasteiger partial charge >= 0.3 is 6.09 Å². The molecule has 2 aliphatic heterocycles. The summed E-state index contributed by atoms with van der Waals surface area (Å²) in [5.74, 6) is 0.0814. The Morgan fingerprint density at radius 1 is 1.06 bits per heavy atom. The topological polar surface area (TPSA) is 64.1 Å². The van der Waals surface area contributed by atoms with Gasteiger partial charge in [-0.1, -0.05) is 0 Å². The zero-order chi connectivity index (χ0) is 13.0. The summed E-state index contributed by atoms with van der Waals surface area (Å²) in [6, 6.07) is 0. The predicted octanol–water partition coefficient (Wildman–Crippen LogP) is 0.294. The first-order valence-corrected chi connectivity index (χ1v) is 6.65. The Labute approximate surface area is 107 Å². The molecule has 0 aromatic rings. The first-order valence-electron chi connectivity index (χ1n) is 6.65. The summed E-state index contributed by atoms with van der Waals surface area (Å²) in [7, 11) is 0. The molecule has 2 saturated heterocycles. The highest BCUT2D eigenvalue weighted by atomic mass is 16.4. The number of hydrogen-bond acceptors (Lipinski definition) is 3. The highest BCUT2D eigenvalue weighted by Crippen LogP contribution is 2.09. The van der Waals surface area contributed by atoms with Crippen LogP contribution in [0.3, 0.4) is 0 Å². The van der Waals surface area contributed by atoms with Crippen molar-refractivity contribution >= 4 is 12.0 Å². The lowest BCUT2D eigenvalue weighted by atomic mass is 10.3. The lowest BCUT2D eigenvalue weighted by molar-refractivity contribution is -0.130. The second kappa shape index (κ2) is 6.04. The molecule has 0 atom stereocenters. The molecule has 2 fully saturated rings. The van der Waals surface area contributed by atoms with Gasteiger partial charge in [0.2, 0.25) is 5.91 Å². The molecule has 6 nitrogen and oxygen atoms in total. The van der Waals surface area contributed by atoms with Crippen molar-refractivity contribution in [1.82, 2.24) is 14.7 Å². The van der Waals surface area contributed by atoms with Gasteiger partial charge in [0.05, 0.1) is 0 Å². The molecular formula is C12H21N3O3. The minimum Gasteiger partial charge on any atom is -0.465 e. The smallest absolute Gasteiger partial charge is 0.407 e. The monoisotopic (exact) mass is 255 g/mol. The van der Waals surface area contributed by atoms with Gasteiger partial charge in [-0.3, -0.25) is 4.79 Å². The van der Waals surface area contributed by atoms with Crippen molar-refractivity contribution in [3.63, 3.8) is 0 Å². The van der Waals surface area contributed by atoms with Crippen molar-refractivity contribution in [3.8, 4) is 0 Å². The van der Waals surface area contributed by atoms with Gasteiger partial charge in [-0.2, -0.15) is 0 Å². The van der Waals surface area contributed by atoms with E-state index in [2.05, 4.69) is 4.90 Å². The number of amides is 2. The van der Waals surface area contributed by atoms with Gasteiger partial charge in [-0.15, -0.1) is 0 Å². The number of hydrogen-bond donors (Lipinski definition) is 1. The van der Waals surface area contributed by atoms with Crippen LogP contribution in [0.4, 0.5) is 4.79 Å². The Kier molecular flexibility index (Phi) is 4.41. The third kappa shape index (κ3) is 3.35. The van der Waals surface area contributed by atoms with E-state index in [-0.39, 0.29) is 5.91 Å². The fourth-order valence-electron chi connectivity index (χ4n) is 2.56.